The van der Waals surface area contributed by atoms with Gasteiger partial charge in [0.25, 0.3) is 0 Å². The van der Waals surface area contributed by atoms with Crippen molar-refractivity contribution in [2.75, 3.05) is 0 Å². The minimum atomic E-state index is 0.469. The Hall–Kier alpha value is -1.13. The number of hydrogen-bond acceptors (Lipinski definition) is 2. The zero-order valence-electron chi connectivity index (χ0n) is 8.48. The summed E-state index contributed by atoms with van der Waals surface area (Å²) in [7, 11) is 0. The summed E-state index contributed by atoms with van der Waals surface area (Å²) in [6, 6.07) is 8.01. The van der Waals surface area contributed by atoms with E-state index in [1.165, 1.54) is 5.56 Å². The first-order valence-corrected chi connectivity index (χ1v) is 5.92. The first-order valence-electron chi connectivity index (χ1n) is 5.13. The number of nitrogens with one attached hydrogen (secondary N) is 1. The Kier molecular flexibility index (Phi) is 2.33. The molecule has 0 amide bonds. The van der Waals surface area contributed by atoms with Crippen molar-refractivity contribution in [1.82, 2.24) is 14.8 Å². The molecule has 1 N–H and O–H groups in total. The molecule has 0 radical (unpaired) electrons. The van der Waals surface area contributed by atoms with Crippen molar-refractivity contribution >= 4 is 23.8 Å². The van der Waals surface area contributed by atoms with Crippen LogP contribution in [-0.4, -0.2) is 14.8 Å². The average molecular weight is 252 g/mol. The highest BCUT2D eigenvalue weighted by atomic mass is 35.5. The summed E-state index contributed by atoms with van der Waals surface area (Å²) in [6.45, 7) is 0.909. The summed E-state index contributed by atoms with van der Waals surface area (Å²) in [5.41, 5.74) is 1.30. The van der Waals surface area contributed by atoms with Gasteiger partial charge in [-0.1, -0.05) is 23.7 Å². The Morgan fingerprint density at radius 2 is 2.12 bits per heavy atom. The number of benzene rings is 1. The molecule has 1 aromatic heterocycles. The van der Waals surface area contributed by atoms with Crippen LogP contribution in [0.5, 0.6) is 0 Å². The number of aromatic amines is 1. The van der Waals surface area contributed by atoms with Crippen LogP contribution in [0.3, 0.4) is 0 Å². The molecule has 0 spiro atoms. The molecule has 3 nitrogen and oxygen atoms in total. The molecule has 3 rings (SSSR count). The minimum Gasteiger partial charge on any atom is -0.304 e. The predicted molar refractivity (Wildman–Crippen MR) is 65.3 cm³/mol. The molecule has 1 aromatic carbocycles. The maximum atomic E-state index is 5.87. The Morgan fingerprint density at radius 1 is 1.38 bits per heavy atom. The molecule has 2 heterocycles. The van der Waals surface area contributed by atoms with Crippen LogP contribution in [0.1, 0.15) is 17.3 Å². The van der Waals surface area contributed by atoms with Crippen LogP contribution in [0.25, 0.3) is 0 Å². The second kappa shape index (κ2) is 3.71. The van der Waals surface area contributed by atoms with Gasteiger partial charge < -0.3 is 4.57 Å². The summed E-state index contributed by atoms with van der Waals surface area (Å²) in [5.74, 6) is 1.51. The average Bonchev–Trinajstić information content (AvgIpc) is 2.83. The third-order valence-corrected chi connectivity index (χ3v) is 3.57. The van der Waals surface area contributed by atoms with Gasteiger partial charge in [0.05, 0.1) is 0 Å². The lowest BCUT2D eigenvalue weighted by Crippen LogP contribution is -2.01. The molecule has 1 unspecified atom stereocenters. The monoisotopic (exact) mass is 251 g/mol. The molecule has 0 saturated heterocycles. The fourth-order valence-corrected chi connectivity index (χ4v) is 2.51. The summed E-state index contributed by atoms with van der Waals surface area (Å²) < 4.78 is 2.78. The fraction of sp³-hybridized carbons (Fsp3) is 0.273. The lowest BCUT2D eigenvalue weighted by molar-refractivity contribution is 0.640. The van der Waals surface area contributed by atoms with Gasteiger partial charge in [-0.2, -0.15) is 5.10 Å². The van der Waals surface area contributed by atoms with E-state index in [-0.39, 0.29) is 0 Å². The minimum absolute atomic E-state index is 0.469. The molecule has 16 heavy (non-hydrogen) atoms. The van der Waals surface area contributed by atoms with Gasteiger partial charge in [-0.15, -0.1) is 0 Å². The molecule has 5 heteroatoms. The fourth-order valence-electron chi connectivity index (χ4n) is 2.16. The molecule has 2 aromatic rings. The number of nitrogens with zero attached hydrogens (tertiary/aromatic N) is 2. The summed E-state index contributed by atoms with van der Waals surface area (Å²) in [6.07, 6.45) is 0.939. The van der Waals surface area contributed by atoms with Gasteiger partial charge in [0, 0.05) is 23.9 Å². The topological polar surface area (TPSA) is 33.6 Å². The molecule has 0 fully saturated rings. The van der Waals surface area contributed by atoms with Crippen LogP contribution in [0, 0.1) is 4.77 Å². The van der Waals surface area contributed by atoms with Gasteiger partial charge in [-0.05, 0) is 29.9 Å². The van der Waals surface area contributed by atoms with Crippen molar-refractivity contribution in [3.63, 3.8) is 0 Å². The summed E-state index contributed by atoms with van der Waals surface area (Å²) in [4.78, 5) is 0. The number of halogens is 1. The van der Waals surface area contributed by atoms with Gasteiger partial charge in [-0.3, -0.25) is 5.10 Å². The van der Waals surface area contributed by atoms with Crippen molar-refractivity contribution < 1.29 is 0 Å². The van der Waals surface area contributed by atoms with Gasteiger partial charge in [0.15, 0.2) is 4.77 Å². The van der Waals surface area contributed by atoms with E-state index >= 15 is 0 Å². The lowest BCUT2D eigenvalue weighted by atomic mass is 9.98. The van der Waals surface area contributed by atoms with Crippen molar-refractivity contribution in [1.29, 1.82) is 0 Å². The number of rotatable bonds is 1. The molecule has 1 aliphatic heterocycles. The predicted octanol–water partition coefficient (Wildman–Crippen LogP) is 2.93. The summed E-state index contributed by atoms with van der Waals surface area (Å²) in [5, 5.41) is 7.80. The highest BCUT2D eigenvalue weighted by Crippen LogP contribution is 2.29. The van der Waals surface area contributed by atoms with E-state index < -0.39 is 0 Å². The number of H-pyrrole nitrogens is 1. The molecule has 0 saturated carbocycles. The largest absolute Gasteiger partial charge is 0.304 e. The SMILES string of the molecule is S=c1[nH]nc2n1CC(c1ccc(Cl)cc1)C2. The quantitative estimate of drug-likeness (QED) is 0.791. The van der Waals surface area contributed by atoms with E-state index in [0.717, 1.165) is 23.8 Å². The second-order valence-corrected chi connectivity index (χ2v) is 4.83. The Morgan fingerprint density at radius 3 is 2.81 bits per heavy atom. The normalized spacial score (nSPS) is 18.7. The number of hydrogen-bond donors (Lipinski definition) is 1. The highest BCUT2D eigenvalue weighted by molar-refractivity contribution is 7.71. The standard InChI is InChI=1S/C11H10ClN3S/c12-9-3-1-7(2-4-9)8-5-10-13-14-11(16)15(10)6-8/h1-4,8H,5-6H2,(H,14,16). The van der Waals surface area contributed by atoms with Crippen LogP contribution in [0.15, 0.2) is 24.3 Å². The van der Waals surface area contributed by atoms with Crippen LogP contribution < -0.4 is 0 Å². The van der Waals surface area contributed by atoms with E-state index in [2.05, 4.69) is 26.9 Å². The Bertz CT molecular complexity index is 570. The summed E-state index contributed by atoms with van der Waals surface area (Å²) >= 11 is 11.0. The Balaban J connectivity index is 1.91. The van der Waals surface area contributed by atoms with Crippen LogP contribution in [-0.2, 0) is 13.0 Å². The number of fused-ring (bicyclic) bond motifs is 1. The second-order valence-electron chi connectivity index (χ2n) is 4.01. The van der Waals surface area contributed by atoms with Gasteiger partial charge in [0.2, 0.25) is 0 Å². The van der Waals surface area contributed by atoms with Gasteiger partial charge in [-0.25, -0.2) is 0 Å². The van der Waals surface area contributed by atoms with E-state index in [0.29, 0.717) is 10.7 Å². The van der Waals surface area contributed by atoms with E-state index in [4.69, 9.17) is 23.8 Å². The van der Waals surface area contributed by atoms with E-state index in [1.807, 2.05) is 12.1 Å². The molecule has 0 bridgehead atoms. The van der Waals surface area contributed by atoms with Crippen molar-refractivity contribution in [2.45, 2.75) is 18.9 Å². The third kappa shape index (κ3) is 1.58. The smallest absolute Gasteiger partial charge is 0.195 e. The molecule has 0 aliphatic carbocycles. The molecule has 1 aliphatic rings. The van der Waals surface area contributed by atoms with Gasteiger partial charge in [0.1, 0.15) is 5.82 Å². The molecule has 82 valence electrons. The zero-order chi connectivity index (χ0) is 11.1. The Labute approximate surface area is 103 Å². The highest BCUT2D eigenvalue weighted by Gasteiger charge is 2.24. The van der Waals surface area contributed by atoms with Crippen LogP contribution in [0.4, 0.5) is 0 Å². The van der Waals surface area contributed by atoms with Gasteiger partial charge >= 0.3 is 0 Å². The lowest BCUT2D eigenvalue weighted by Gasteiger charge is -2.08. The molecular formula is C11H10ClN3S. The third-order valence-electron chi connectivity index (χ3n) is 3.01. The van der Waals surface area contributed by atoms with Crippen molar-refractivity contribution in [2.24, 2.45) is 0 Å². The van der Waals surface area contributed by atoms with E-state index in [1.54, 1.807) is 0 Å². The van der Waals surface area contributed by atoms with Crippen LogP contribution >= 0.6 is 23.8 Å². The maximum Gasteiger partial charge on any atom is 0.195 e. The molecule has 1 atom stereocenters. The maximum absolute atomic E-state index is 5.87. The van der Waals surface area contributed by atoms with Crippen molar-refractivity contribution in [3.05, 3.63) is 45.4 Å². The number of aromatic nitrogens is 3. The van der Waals surface area contributed by atoms with Crippen molar-refractivity contribution in [3.8, 4) is 0 Å². The van der Waals surface area contributed by atoms with Crippen LogP contribution in [0.2, 0.25) is 5.02 Å². The molecular weight excluding hydrogens is 242 g/mol. The first kappa shape index (κ1) is 10.1. The first-order chi connectivity index (χ1) is 7.74. The van der Waals surface area contributed by atoms with E-state index in [9.17, 15) is 0 Å². The zero-order valence-corrected chi connectivity index (χ0v) is 10.1.